The highest BCUT2D eigenvalue weighted by atomic mass is 32.2. The maximum atomic E-state index is 10.8. The summed E-state index contributed by atoms with van der Waals surface area (Å²) in [6.45, 7) is 0.625. The molecule has 3 rings (SSSR count). The molecule has 0 aliphatic carbocycles. The third-order valence-electron chi connectivity index (χ3n) is 4.31. The Hall–Kier alpha value is -2.07. The number of benzene rings is 3. The molecule has 26 heavy (non-hydrogen) atoms. The summed E-state index contributed by atoms with van der Waals surface area (Å²) >= 11 is 1.75. The van der Waals surface area contributed by atoms with E-state index in [0.29, 0.717) is 6.54 Å². The van der Waals surface area contributed by atoms with Crippen molar-refractivity contribution in [1.82, 2.24) is 4.90 Å². The van der Waals surface area contributed by atoms with Crippen LogP contribution in [0.4, 0.5) is 0 Å². The van der Waals surface area contributed by atoms with Crippen LogP contribution >= 0.6 is 11.8 Å². The summed E-state index contributed by atoms with van der Waals surface area (Å²) in [6, 6.07) is 29.2. The fraction of sp³-hybridized carbons (Fsp3) is 0.217. The molecule has 0 saturated carbocycles. The second-order valence-corrected chi connectivity index (χ2v) is 7.85. The van der Waals surface area contributed by atoms with Gasteiger partial charge in [-0.1, -0.05) is 72.4 Å². The van der Waals surface area contributed by atoms with Crippen LogP contribution in [0.15, 0.2) is 94.7 Å². The molecule has 0 bridgehead atoms. The Balaban J connectivity index is 1.84. The van der Waals surface area contributed by atoms with Crippen LogP contribution in [-0.4, -0.2) is 36.8 Å². The molecule has 0 amide bonds. The van der Waals surface area contributed by atoms with Gasteiger partial charge < -0.3 is 10.0 Å². The van der Waals surface area contributed by atoms with Crippen molar-refractivity contribution in [3.8, 4) is 0 Å². The molecule has 0 saturated heterocycles. The molecule has 2 nitrogen and oxygen atoms in total. The summed E-state index contributed by atoms with van der Waals surface area (Å²) in [5.74, 6) is -0.0330. The van der Waals surface area contributed by atoms with Crippen LogP contribution in [0.3, 0.4) is 0 Å². The average Bonchev–Trinajstić information content (AvgIpc) is 2.64. The monoisotopic (exact) mass is 363 g/mol. The van der Waals surface area contributed by atoms with Crippen molar-refractivity contribution < 1.29 is 5.11 Å². The minimum atomic E-state index is -0.458. The minimum Gasteiger partial charge on any atom is -0.391 e. The van der Waals surface area contributed by atoms with Gasteiger partial charge in [0.2, 0.25) is 0 Å². The Labute approximate surface area is 160 Å². The van der Waals surface area contributed by atoms with Crippen molar-refractivity contribution in [3.05, 3.63) is 96.1 Å². The van der Waals surface area contributed by atoms with Crippen molar-refractivity contribution in [3.63, 3.8) is 0 Å². The van der Waals surface area contributed by atoms with Crippen LogP contribution in [0, 0.1) is 0 Å². The van der Waals surface area contributed by atoms with Gasteiger partial charge in [-0.15, -0.1) is 0 Å². The van der Waals surface area contributed by atoms with Gasteiger partial charge in [-0.25, -0.2) is 0 Å². The Morgan fingerprint density at radius 1 is 0.731 bits per heavy atom. The van der Waals surface area contributed by atoms with Gasteiger partial charge in [0, 0.05) is 22.3 Å². The van der Waals surface area contributed by atoms with Gasteiger partial charge in [0.25, 0.3) is 0 Å². The van der Waals surface area contributed by atoms with E-state index in [-0.39, 0.29) is 5.92 Å². The highest BCUT2D eigenvalue weighted by Crippen LogP contribution is 2.32. The predicted octanol–water partition coefficient (Wildman–Crippen LogP) is 4.89. The van der Waals surface area contributed by atoms with E-state index in [4.69, 9.17) is 0 Å². The van der Waals surface area contributed by atoms with Crippen molar-refractivity contribution in [2.24, 2.45) is 0 Å². The zero-order valence-electron chi connectivity index (χ0n) is 15.2. The molecule has 134 valence electrons. The van der Waals surface area contributed by atoms with Gasteiger partial charge in [0.15, 0.2) is 0 Å². The fourth-order valence-corrected chi connectivity index (χ4v) is 3.98. The smallest absolute Gasteiger partial charge is 0.0775 e. The topological polar surface area (TPSA) is 23.5 Å². The zero-order valence-corrected chi connectivity index (χ0v) is 16.1. The van der Waals surface area contributed by atoms with Gasteiger partial charge in [-0.05, 0) is 49.5 Å². The molecule has 0 aliphatic rings. The molecule has 0 spiro atoms. The first-order valence-corrected chi connectivity index (χ1v) is 9.66. The average molecular weight is 364 g/mol. The number of hydrogen-bond acceptors (Lipinski definition) is 3. The van der Waals surface area contributed by atoms with Crippen molar-refractivity contribution in [2.75, 3.05) is 20.6 Å². The Kier molecular flexibility index (Phi) is 6.51. The Morgan fingerprint density at radius 2 is 1.23 bits per heavy atom. The summed E-state index contributed by atoms with van der Waals surface area (Å²) < 4.78 is 0. The maximum Gasteiger partial charge on any atom is 0.0775 e. The van der Waals surface area contributed by atoms with Crippen LogP contribution in [0.25, 0.3) is 0 Å². The second-order valence-electron chi connectivity index (χ2n) is 6.70. The van der Waals surface area contributed by atoms with Crippen molar-refractivity contribution >= 4 is 11.8 Å². The maximum absolute atomic E-state index is 10.8. The van der Waals surface area contributed by atoms with E-state index in [9.17, 15) is 5.11 Å². The third kappa shape index (κ3) is 4.98. The molecule has 2 atom stereocenters. The SMILES string of the molecule is CN(C)CC(O)C(c1ccccc1)c1ccc(Sc2ccccc2)cc1. The van der Waals surface area contributed by atoms with E-state index >= 15 is 0 Å². The molecule has 0 fully saturated rings. The summed E-state index contributed by atoms with van der Waals surface area (Å²) in [5, 5.41) is 10.8. The number of aliphatic hydroxyl groups is 1. The lowest BCUT2D eigenvalue weighted by molar-refractivity contribution is 0.121. The molecule has 0 aliphatic heterocycles. The van der Waals surface area contributed by atoms with E-state index < -0.39 is 6.10 Å². The normalized spacial score (nSPS) is 13.5. The van der Waals surface area contributed by atoms with Gasteiger partial charge in [-0.2, -0.15) is 0 Å². The van der Waals surface area contributed by atoms with E-state index in [1.807, 2.05) is 43.3 Å². The predicted molar refractivity (Wildman–Crippen MR) is 110 cm³/mol. The lowest BCUT2D eigenvalue weighted by atomic mass is 9.86. The molecule has 3 aromatic carbocycles. The van der Waals surface area contributed by atoms with E-state index in [0.717, 1.165) is 11.1 Å². The minimum absolute atomic E-state index is 0.0330. The molecule has 3 aromatic rings. The number of rotatable bonds is 7. The number of hydrogen-bond donors (Lipinski definition) is 1. The zero-order chi connectivity index (χ0) is 18.4. The molecular formula is C23H25NOS. The van der Waals surface area contributed by atoms with Crippen LogP contribution in [-0.2, 0) is 0 Å². The van der Waals surface area contributed by atoms with Gasteiger partial charge >= 0.3 is 0 Å². The van der Waals surface area contributed by atoms with Crippen molar-refractivity contribution in [2.45, 2.75) is 21.8 Å². The van der Waals surface area contributed by atoms with Gasteiger partial charge in [0.1, 0.15) is 0 Å². The molecule has 1 N–H and O–H groups in total. The summed E-state index contributed by atoms with van der Waals surface area (Å²) in [6.07, 6.45) is -0.458. The second kappa shape index (κ2) is 9.04. The first kappa shape index (κ1) is 18.7. The largest absolute Gasteiger partial charge is 0.391 e. The third-order valence-corrected chi connectivity index (χ3v) is 5.33. The number of nitrogens with zero attached hydrogens (tertiary/aromatic N) is 1. The molecule has 3 heteroatoms. The van der Waals surface area contributed by atoms with E-state index in [1.165, 1.54) is 9.79 Å². The van der Waals surface area contributed by atoms with Gasteiger partial charge in [-0.3, -0.25) is 0 Å². The Bertz CT molecular complexity index is 787. The van der Waals surface area contributed by atoms with E-state index in [1.54, 1.807) is 11.8 Å². The summed E-state index contributed by atoms with van der Waals surface area (Å²) in [5.41, 5.74) is 2.29. The molecular weight excluding hydrogens is 338 g/mol. The Morgan fingerprint density at radius 3 is 1.81 bits per heavy atom. The summed E-state index contributed by atoms with van der Waals surface area (Å²) in [7, 11) is 3.98. The lowest BCUT2D eigenvalue weighted by Crippen LogP contribution is -2.31. The van der Waals surface area contributed by atoms with Crippen LogP contribution in [0.2, 0.25) is 0 Å². The fourth-order valence-electron chi connectivity index (χ4n) is 3.14. The molecule has 0 aromatic heterocycles. The van der Waals surface area contributed by atoms with Crippen LogP contribution in [0.1, 0.15) is 17.0 Å². The highest BCUT2D eigenvalue weighted by molar-refractivity contribution is 7.99. The van der Waals surface area contributed by atoms with Crippen LogP contribution in [0.5, 0.6) is 0 Å². The highest BCUT2D eigenvalue weighted by Gasteiger charge is 2.23. The molecule has 0 heterocycles. The van der Waals surface area contributed by atoms with E-state index in [2.05, 4.69) is 60.7 Å². The first-order chi connectivity index (χ1) is 12.6. The molecule has 2 unspecified atom stereocenters. The standard InChI is InChI=1S/C23H25NOS/c1-24(2)17-22(25)23(18-9-5-3-6-10-18)19-13-15-21(16-14-19)26-20-11-7-4-8-12-20/h3-16,22-23,25H,17H2,1-2H3. The number of aliphatic hydroxyl groups excluding tert-OH is 1. The quantitative estimate of drug-likeness (QED) is 0.646. The number of likely N-dealkylation sites (N-methyl/N-ethyl adjacent to an activating group) is 1. The lowest BCUT2D eigenvalue weighted by Gasteiger charge is -2.26. The summed E-state index contributed by atoms with van der Waals surface area (Å²) in [4.78, 5) is 4.46. The van der Waals surface area contributed by atoms with Crippen molar-refractivity contribution in [1.29, 1.82) is 0 Å². The molecule has 0 radical (unpaired) electrons. The van der Waals surface area contributed by atoms with Gasteiger partial charge in [0.05, 0.1) is 6.10 Å². The first-order valence-electron chi connectivity index (χ1n) is 8.84. The van der Waals surface area contributed by atoms with Crippen LogP contribution < -0.4 is 0 Å².